The van der Waals surface area contributed by atoms with Crippen molar-refractivity contribution in [1.29, 1.82) is 0 Å². The summed E-state index contributed by atoms with van der Waals surface area (Å²) < 4.78 is 1.96. The number of aliphatic imine (C=N–C) groups is 1. The van der Waals surface area contributed by atoms with Gasteiger partial charge in [0.2, 0.25) is 0 Å². The summed E-state index contributed by atoms with van der Waals surface area (Å²) in [5.41, 5.74) is 6.57. The van der Waals surface area contributed by atoms with Crippen LogP contribution >= 0.6 is 24.0 Å². The van der Waals surface area contributed by atoms with Crippen LogP contribution in [0.2, 0.25) is 0 Å². The van der Waals surface area contributed by atoms with Gasteiger partial charge in [0.15, 0.2) is 5.96 Å². The molecule has 142 valence electrons. The van der Waals surface area contributed by atoms with Gasteiger partial charge in [-0.05, 0) is 50.3 Å². The molecule has 5 nitrogen and oxygen atoms in total. The van der Waals surface area contributed by atoms with E-state index in [2.05, 4.69) is 60.4 Å². The average Bonchev–Trinajstić information content (AvgIpc) is 2.86. The van der Waals surface area contributed by atoms with Gasteiger partial charge in [-0.3, -0.25) is 9.67 Å². The predicted octanol–water partition coefficient (Wildman–Crippen LogP) is 3.22. The van der Waals surface area contributed by atoms with Crippen molar-refractivity contribution in [3.63, 3.8) is 0 Å². The van der Waals surface area contributed by atoms with Gasteiger partial charge in [0.25, 0.3) is 0 Å². The van der Waals surface area contributed by atoms with Gasteiger partial charge in [0, 0.05) is 38.9 Å². The van der Waals surface area contributed by atoms with E-state index in [4.69, 9.17) is 4.99 Å². The summed E-state index contributed by atoms with van der Waals surface area (Å²) in [5.74, 6) is 1.02. The standard InChI is InChI=1S/C20H29N5.HI/c1-5-21-20(22-12-10-19-15(2)23-24(4)16(19)3)25-13-11-17-8-6-7-9-18(17)14-25;/h6-9H,5,10-14H2,1-4H3,(H,21,22);1H. The summed E-state index contributed by atoms with van der Waals surface area (Å²) in [5, 5.41) is 7.96. The van der Waals surface area contributed by atoms with E-state index >= 15 is 0 Å². The molecule has 0 bridgehead atoms. The molecule has 0 aliphatic carbocycles. The molecule has 0 saturated heterocycles. The van der Waals surface area contributed by atoms with Gasteiger partial charge in [-0.2, -0.15) is 5.10 Å². The maximum atomic E-state index is 4.89. The van der Waals surface area contributed by atoms with E-state index in [9.17, 15) is 0 Å². The van der Waals surface area contributed by atoms with Gasteiger partial charge in [-0.1, -0.05) is 24.3 Å². The zero-order valence-corrected chi connectivity index (χ0v) is 18.6. The third kappa shape index (κ3) is 4.58. The molecule has 0 saturated carbocycles. The first-order valence-electron chi connectivity index (χ1n) is 9.19. The number of rotatable bonds is 4. The fraction of sp³-hybridized carbons (Fsp3) is 0.500. The Morgan fingerprint density at radius 1 is 1.23 bits per heavy atom. The number of nitrogens with zero attached hydrogens (tertiary/aromatic N) is 4. The lowest BCUT2D eigenvalue weighted by Gasteiger charge is -2.31. The third-order valence-corrected chi connectivity index (χ3v) is 5.05. The van der Waals surface area contributed by atoms with E-state index in [1.54, 1.807) is 0 Å². The van der Waals surface area contributed by atoms with Gasteiger partial charge >= 0.3 is 0 Å². The lowest BCUT2D eigenvalue weighted by molar-refractivity contribution is 0.379. The van der Waals surface area contributed by atoms with Crippen LogP contribution < -0.4 is 5.32 Å². The molecule has 26 heavy (non-hydrogen) atoms. The number of benzene rings is 1. The van der Waals surface area contributed by atoms with Crippen LogP contribution in [0.25, 0.3) is 0 Å². The Labute approximate surface area is 173 Å². The summed E-state index contributed by atoms with van der Waals surface area (Å²) in [6.07, 6.45) is 2.02. The Morgan fingerprint density at radius 2 is 1.96 bits per heavy atom. The van der Waals surface area contributed by atoms with Crippen molar-refractivity contribution in [3.05, 3.63) is 52.3 Å². The molecule has 3 rings (SSSR count). The van der Waals surface area contributed by atoms with Crippen molar-refractivity contribution in [2.45, 2.75) is 40.2 Å². The first kappa shape index (κ1) is 20.7. The number of guanidine groups is 1. The Kier molecular flexibility index (Phi) is 7.49. The van der Waals surface area contributed by atoms with Crippen molar-refractivity contribution in [3.8, 4) is 0 Å². The maximum absolute atomic E-state index is 4.89. The normalized spacial score (nSPS) is 14.0. The molecule has 1 aromatic heterocycles. The minimum atomic E-state index is 0. The van der Waals surface area contributed by atoms with Crippen LogP contribution in [-0.2, 0) is 26.4 Å². The predicted molar refractivity (Wildman–Crippen MR) is 118 cm³/mol. The highest BCUT2D eigenvalue weighted by Crippen LogP contribution is 2.18. The maximum Gasteiger partial charge on any atom is 0.194 e. The summed E-state index contributed by atoms with van der Waals surface area (Å²) >= 11 is 0. The molecule has 2 aromatic rings. The number of nitrogens with one attached hydrogen (secondary N) is 1. The molecule has 0 amide bonds. The van der Waals surface area contributed by atoms with Gasteiger partial charge in [-0.25, -0.2) is 0 Å². The average molecular weight is 467 g/mol. The second kappa shape index (κ2) is 9.39. The molecule has 6 heteroatoms. The van der Waals surface area contributed by atoms with Crippen LogP contribution in [0.5, 0.6) is 0 Å². The van der Waals surface area contributed by atoms with Crippen LogP contribution in [0.15, 0.2) is 29.3 Å². The van der Waals surface area contributed by atoms with E-state index in [-0.39, 0.29) is 24.0 Å². The van der Waals surface area contributed by atoms with Crippen molar-refractivity contribution in [1.82, 2.24) is 20.0 Å². The Morgan fingerprint density at radius 3 is 2.62 bits per heavy atom. The van der Waals surface area contributed by atoms with E-state index in [1.807, 2.05) is 11.7 Å². The van der Waals surface area contributed by atoms with Gasteiger partial charge in [0.1, 0.15) is 0 Å². The van der Waals surface area contributed by atoms with Gasteiger partial charge < -0.3 is 10.2 Å². The van der Waals surface area contributed by atoms with E-state index in [0.29, 0.717) is 0 Å². The number of halogens is 1. The fourth-order valence-electron chi connectivity index (χ4n) is 3.56. The minimum absolute atomic E-state index is 0. The van der Waals surface area contributed by atoms with Crippen molar-refractivity contribution in [2.75, 3.05) is 19.6 Å². The van der Waals surface area contributed by atoms with Crippen LogP contribution in [0, 0.1) is 13.8 Å². The molecular formula is C20H30IN5. The third-order valence-electron chi connectivity index (χ3n) is 5.05. The zero-order chi connectivity index (χ0) is 17.8. The molecule has 1 aliphatic rings. The molecular weight excluding hydrogens is 437 g/mol. The largest absolute Gasteiger partial charge is 0.357 e. The highest BCUT2D eigenvalue weighted by Gasteiger charge is 2.18. The summed E-state index contributed by atoms with van der Waals surface area (Å²) in [6.45, 7) is 9.98. The molecule has 2 heterocycles. The first-order valence-corrected chi connectivity index (χ1v) is 9.19. The highest BCUT2D eigenvalue weighted by molar-refractivity contribution is 14.0. The van der Waals surface area contributed by atoms with Crippen LogP contribution in [0.3, 0.4) is 0 Å². The molecule has 1 aromatic carbocycles. The van der Waals surface area contributed by atoms with Crippen molar-refractivity contribution in [2.24, 2.45) is 12.0 Å². The lowest BCUT2D eigenvalue weighted by Crippen LogP contribution is -2.44. The van der Waals surface area contributed by atoms with Crippen LogP contribution in [0.1, 0.15) is 35.0 Å². The number of aryl methyl sites for hydroxylation is 2. The highest BCUT2D eigenvalue weighted by atomic mass is 127. The monoisotopic (exact) mass is 467 g/mol. The molecule has 0 fully saturated rings. The molecule has 1 N–H and O–H groups in total. The first-order chi connectivity index (χ1) is 12.1. The topological polar surface area (TPSA) is 45.5 Å². The Bertz CT molecular complexity index is 766. The zero-order valence-electron chi connectivity index (χ0n) is 16.2. The summed E-state index contributed by atoms with van der Waals surface area (Å²) in [4.78, 5) is 7.26. The molecule has 0 radical (unpaired) electrons. The molecule has 1 aliphatic heterocycles. The SMILES string of the molecule is CCNC(=NCCc1c(C)nn(C)c1C)N1CCc2ccccc2C1.I. The second-order valence-electron chi connectivity index (χ2n) is 6.70. The molecule has 0 atom stereocenters. The smallest absolute Gasteiger partial charge is 0.194 e. The Hall–Kier alpha value is -1.57. The quantitative estimate of drug-likeness (QED) is 0.427. The summed E-state index contributed by atoms with van der Waals surface area (Å²) in [6, 6.07) is 8.73. The fourth-order valence-corrected chi connectivity index (χ4v) is 3.56. The number of fused-ring (bicyclic) bond motifs is 1. The van der Waals surface area contributed by atoms with Crippen molar-refractivity contribution >= 4 is 29.9 Å². The van der Waals surface area contributed by atoms with Crippen LogP contribution in [-0.4, -0.2) is 40.3 Å². The Balaban J connectivity index is 0.00000243. The van der Waals surface area contributed by atoms with Gasteiger partial charge in [0.05, 0.1) is 5.69 Å². The molecule has 0 unspecified atom stereocenters. The van der Waals surface area contributed by atoms with E-state index in [1.165, 1.54) is 22.4 Å². The number of aromatic nitrogens is 2. The lowest BCUT2D eigenvalue weighted by atomic mass is 10.0. The van der Waals surface area contributed by atoms with E-state index in [0.717, 1.165) is 50.7 Å². The minimum Gasteiger partial charge on any atom is -0.357 e. The second-order valence-corrected chi connectivity index (χ2v) is 6.70. The molecule has 0 spiro atoms. The number of hydrogen-bond acceptors (Lipinski definition) is 2. The number of hydrogen-bond donors (Lipinski definition) is 1. The van der Waals surface area contributed by atoms with Crippen molar-refractivity contribution < 1.29 is 0 Å². The van der Waals surface area contributed by atoms with E-state index < -0.39 is 0 Å². The summed E-state index contributed by atoms with van der Waals surface area (Å²) in [7, 11) is 2.00. The van der Waals surface area contributed by atoms with Crippen LogP contribution in [0.4, 0.5) is 0 Å². The van der Waals surface area contributed by atoms with Gasteiger partial charge in [-0.15, -0.1) is 24.0 Å².